The van der Waals surface area contributed by atoms with Crippen molar-refractivity contribution < 1.29 is 5.11 Å². The highest BCUT2D eigenvalue weighted by Gasteiger charge is 2.06. The largest absolute Gasteiger partial charge is 0.389 e. The van der Waals surface area contributed by atoms with E-state index in [-0.39, 0.29) is 6.10 Å². The monoisotopic (exact) mass is 168 g/mol. The summed E-state index contributed by atoms with van der Waals surface area (Å²) in [7, 11) is -1.22. The molecule has 0 aromatic carbocycles. The van der Waals surface area contributed by atoms with Crippen LogP contribution in [0.4, 0.5) is 0 Å². The Hall–Kier alpha value is -0.523. The first-order chi connectivity index (χ1) is 4.92. The van der Waals surface area contributed by atoms with E-state index in [0.717, 1.165) is 0 Å². The molecule has 0 amide bonds. The molecule has 62 valence electrons. The van der Waals surface area contributed by atoms with Gasteiger partial charge in [-0.3, -0.25) is 0 Å². The topological polar surface area (TPSA) is 20.2 Å². The van der Waals surface area contributed by atoms with E-state index in [9.17, 15) is 0 Å². The lowest BCUT2D eigenvalue weighted by Gasteiger charge is -2.02. The fourth-order valence-electron chi connectivity index (χ4n) is 0.446. The Morgan fingerprint density at radius 2 is 1.91 bits per heavy atom. The van der Waals surface area contributed by atoms with Gasteiger partial charge < -0.3 is 5.11 Å². The predicted octanol–water partition coefficient (Wildman–Crippen LogP) is 1.80. The Bertz CT molecular complexity index is 188. The van der Waals surface area contributed by atoms with Crippen LogP contribution in [0.5, 0.6) is 0 Å². The van der Waals surface area contributed by atoms with Gasteiger partial charge in [-0.05, 0) is 19.1 Å². The fraction of sp³-hybridized carbons (Fsp3) is 0.556. The number of aliphatic hydroxyl groups excluding tert-OH is 1. The van der Waals surface area contributed by atoms with E-state index in [4.69, 9.17) is 5.11 Å². The maximum Gasteiger partial charge on any atom is 0.129 e. The van der Waals surface area contributed by atoms with Crippen LogP contribution in [0, 0.1) is 11.5 Å². The molecule has 0 fully saturated rings. The van der Waals surface area contributed by atoms with Crippen LogP contribution in [0.2, 0.25) is 19.6 Å². The summed E-state index contributed by atoms with van der Waals surface area (Å²) >= 11 is 0. The molecule has 1 N–H and O–H groups in total. The molecule has 0 saturated carbocycles. The third-order valence-corrected chi connectivity index (χ3v) is 1.80. The van der Waals surface area contributed by atoms with Crippen LogP contribution in [0.1, 0.15) is 6.92 Å². The minimum Gasteiger partial charge on any atom is -0.389 e. The average molecular weight is 168 g/mol. The summed E-state index contributed by atoms with van der Waals surface area (Å²) < 4.78 is 0. The second-order valence-corrected chi connectivity index (χ2v) is 8.37. The molecule has 0 aliphatic carbocycles. The molecule has 1 nitrogen and oxygen atoms in total. The van der Waals surface area contributed by atoms with Gasteiger partial charge in [0.25, 0.3) is 0 Å². The molecule has 2 heteroatoms. The van der Waals surface area contributed by atoms with Gasteiger partial charge >= 0.3 is 0 Å². The summed E-state index contributed by atoms with van der Waals surface area (Å²) in [5.74, 6) is 2.93. The predicted molar refractivity (Wildman–Crippen MR) is 51.9 cm³/mol. The molecule has 0 rings (SSSR count). The lowest BCUT2D eigenvalue weighted by Crippen LogP contribution is -2.16. The Labute approximate surface area is 70.1 Å². The van der Waals surface area contributed by atoms with E-state index >= 15 is 0 Å². The van der Waals surface area contributed by atoms with Crippen molar-refractivity contribution in [2.75, 3.05) is 0 Å². The molecular weight excluding hydrogens is 152 g/mol. The highest BCUT2D eigenvalue weighted by Crippen LogP contribution is 1.95. The van der Waals surface area contributed by atoms with Crippen molar-refractivity contribution >= 4 is 8.07 Å². The first kappa shape index (κ1) is 10.5. The first-order valence-electron chi connectivity index (χ1n) is 3.79. The summed E-state index contributed by atoms with van der Waals surface area (Å²) in [4.78, 5) is 0. The van der Waals surface area contributed by atoms with E-state index in [1.807, 2.05) is 0 Å². The number of aliphatic hydroxyl groups is 1. The number of hydrogen-bond donors (Lipinski definition) is 1. The highest BCUT2D eigenvalue weighted by molar-refractivity contribution is 6.83. The van der Waals surface area contributed by atoms with Crippen molar-refractivity contribution in [2.45, 2.75) is 32.7 Å². The van der Waals surface area contributed by atoms with E-state index in [1.165, 1.54) is 0 Å². The average Bonchev–Trinajstić information content (AvgIpc) is 1.78. The molecule has 0 aromatic heterocycles. The maximum atomic E-state index is 8.84. The van der Waals surface area contributed by atoms with Crippen LogP contribution in [-0.4, -0.2) is 19.3 Å². The van der Waals surface area contributed by atoms with Crippen molar-refractivity contribution in [3.63, 3.8) is 0 Å². The Morgan fingerprint density at radius 1 is 1.36 bits per heavy atom. The zero-order chi connectivity index (χ0) is 8.91. The van der Waals surface area contributed by atoms with Gasteiger partial charge in [-0.2, -0.15) is 0 Å². The van der Waals surface area contributed by atoms with E-state index in [0.29, 0.717) is 0 Å². The molecule has 0 aliphatic rings. The SMILES string of the molecule is CC(O)C=CC#C[Si](C)(C)C. The zero-order valence-electron chi connectivity index (χ0n) is 7.68. The van der Waals surface area contributed by atoms with Gasteiger partial charge in [0.2, 0.25) is 0 Å². The van der Waals surface area contributed by atoms with Crippen LogP contribution < -0.4 is 0 Å². The Balaban J connectivity index is 3.92. The normalized spacial score (nSPS) is 14.3. The molecule has 0 saturated heterocycles. The van der Waals surface area contributed by atoms with Crippen molar-refractivity contribution in [1.29, 1.82) is 0 Å². The summed E-state index contributed by atoms with van der Waals surface area (Å²) in [6.45, 7) is 8.29. The quantitative estimate of drug-likeness (QED) is 0.467. The Kier molecular flexibility index (Phi) is 4.17. The number of allylic oxidation sites excluding steroid dienone is 1. The van der Waals surface area contributed by atoms with Crippen molar-refractivity contribution in [2.24, 2.45) is 0 Å². The molecule has 1 atom stereocenters. The first-order valence-corrected chi connectivity index (χ1v) is 7.29. The molecule has 0 aromatic rings. The van der Waals surface area contributed by atoms with Crippen molar-refractivity contribution in [3.8, 4) is 11.5 Å². The van der Waals surface area contributed by atoms with E-state index in [1.54, 1.807) is 19.1 Å². The van der Waals surface area contributed by atoms with Crippen LogP contribution in [0.15, 0.2) is 12.2 Å². The smallest absolute Gasteiger partial charge is 0.129 e. The van der Waals surface area contributed by atoms with E-state index in [2.05, 4.69) is 31.1 Å². The second kappa shape index (κ2) is 4.37. The van der Waals surface area contributed by atoms with Gasteiger partial charge in [0.1, 0.15) is 8.07 Å². The zero-order valence-corrected chi connectivity index (χ0v) is 8.68. The molecule has 11 heavy (non-hydrogen) atoms. The lowest BCUT2D eigenvalue weighted by molar-refractivity contribution is 0.244. The van der Waals surface area contributed by atoms with Gasteiger partial charge in [0.15, 0.2) is 0 Å². The van der Waals surface area contributed by atoms with E-state index < -0.39 is 8.07 Å². The molecule has 0 bridgehead atoms. The fourth-order valence-corrected chi connectivity index (χ4v) is 0.962. The van der Waals surface area contributed by atoms with Crippen LogP contribution in [0.25, 0.3) is 0 Å². The molecule has 0 heterocycles. The van der Waals surface area contributed by atoms with Gasteiger partial charge in [-0.15, -0.1) is 5.54 Å². The minimum atomic E-state index is -1.22. The van der Waals surface area contributed by atoms with Crippen LogP contribution >= 0.6 is 0 Å². The molecule has 0 spiro atoms. The third-order valence-electron chi connectivity index (χ3n) is 0.905. The lowest BCUT2D eigenvalue weighted by atomic mass is 10.4. The van der Waals surface area contributed by atoms with Gasteiger partial charge in [0, 0.05) is 0 Å². The molecular formula is C9H16OSi. The summed E-state index contributed by atoms with van der Waals surface area (Å²) in [5.41, 5.74) is 3.17. The van der Waals surface area contributed by atoms with Crippen molar-refractivity contribution in [3.05, 3.63) is 12.2 Å². The molecule has 0 radical (unpaired) electrons. The third kappa shape index (κ3) is 9.48. The molecule has 0 aliphatic heterocycles. The standard InChI is InChI=1S/C9H16OSi/c1-9(10)7-5-6-8-11(2,3)4/h5,7,9-10H,1-4H3. The summed E-state index contributed by atoms with van der Waals surface area (Å²) in [6.07, 6.45) is 3.03. The summed E-state index contributed by atoms with van der Waals surface area (Å²) in [5, 5.41) is 8.84. The highest BCUT2D eigenvalue weighted by atomic mass is 28.3. The van der Waals surface area contributed by atoms with Crippen LogP contribution in [-0.2, 0) is 0 Å². The number of hydrogen-bond acceptors (Lipinski definition) is 1. The maximum absolute atomic E-state index is 8.84. The number of rotatable bonds is 1. The van der Waals surface area contributed by atoms with Gasteiger partial charge in [0.05, 0.1) is 6.10 Å². The van der Waals surface area contributed by atoms with Gasteiger partial charge in [-0.1, -0.05) is 25.6 Å². The minimum absolute atomic E-state index is 0.383. The Morgan fingerprint density at radius 3 is 2.27 bits per heavy atom. The summed E-state index contributed by atoms with van der Waals surface area (Å²) in [6, 6.07) is 0. The second-order valence-electron chi connectivity index (χ2n) is 3.62. The van der Waals surface area contributed by atoms with Crippen LogP contribution in [0.3, 0.4) is 0 Å². The molecule has 1 unspecified atom stereocenters. The van der Waals surface area contributed by atoms with Gasteiger partial charge in [-0.25, -0.2) is 0 Å². The van der Waals surface area contributed by atoms with Crippen molar-refractivity contribution in [1.82, 2.24) is 0 Å².